The summed E-state index contributed by atoms with van der Waals surface area (Å²) in [6, 6.07) is 6.53. The van der Waals surface area contributed by atoms with Gasteiger partial charge in [-0.1, -0.05) is 0 Å². The van der Waals surface area contributed by atoms with Crippen molar-refractivity contribution >= 4 is 16.9 Å². The first-order chi connectivity index (χ1) is 7.63. The summed E-state index contributed by atoms with van der Waals surface area (Å²) in [5, 5.41) is 10.2. The van der Waals surface area contributed by atoms with Crippen LogP contribution in [0.1, 0.15) is 13.0 Å². The molecule has 0 unspecified atom stereocenters. The topological polar surface area (TPSA) is 51.5 Å². The fourth-order valence-corrected chi connectivity index (χ4v) is 1.77. The number of fused-ring (bicyclic) bond motifs is 1. The van der Waals surface area contributed by atoms with Crippen molar-refractivity contribution in [3.8, 4) is 5.75 Å². The van der Waals surface area contributed by atoms with Gasteiger partial charge in [-0.25, -0.2) is 4.79 Å². The number of hydrogen-bond acceptors (Lipinski definition) is 3. The highest BCUT2D eigenvalue weighted by Crippen LogP contribution is 2.24. The van der Waals surface area contributed by atoms with Gasteiger partial charge in [0.1, 0.15) is 11.8 Å². The lowest BCUT2D eigenvalue weighted by molar-refractivity contribution is -0.143. The van der Waals surface area contributed by atoms with Crippen LogP contribution in [0.2, 0.25) is 0 Å². The SMILES string of the molecule is COC(=O)[C@@H](C)n1ccc2cc(O)ccc21. The molecule has 0 fully saturated rings. The molecular formula is C12H13NO3. The number of nitrogens with zero attached hydrogens (tertiary/aromatic N) is 1. The van der Waals surface area contributed by atoms with Crippen LogP contribution in [-0.2, 0) is 9.53 Å². The van der Waals surface area contributed by atoms with Gasteiger partial charge in [-0.15, -0.1) is 0 Å². The van der Waals surface area contributed by atoms with E-state index in [9.17, 15) is 9.90 Å². The number of ether oxygens (including phenoxy) is 1. The van der Waals surface area contributed by atoms with Crippen LogP contribution in [0.3, 0.4) is 0 Å². The zero-order chi connectivity index (χ0) is 11.7. The third-order valence-electron chi connectivity index (χ3n) is 2.66. The number of phenolic OH excluding ortho intramolecular Hbond substituents is 1. The van der Waals surface area contributed by atoms with E-state index in [1.165, 1.54) is 7.11 Å². The molecule has 0 radical (unpaired) electrons. The average Bonchev–Trinajstić information content (AvgIpc) is 2.69. The maximum absolute atomic E-state index is 11.4. The molecule has 1 aromatic heterocycles. The number of esters is 1. The monoisotopic (exact) mass is 219 g/mol. The average molecular weight is 219 g/mol. The van der Waals surface area contributed by atoms with Gasteiger partial charge >= 0.3 is 5.97 Å². The molecule has 0 saturated heterocycles. The molecule has 4 heteroatoms. The normalized spacial score (nSPS) is 12.6. The molecule has 2 aromatic rings. The van der Waals surface area contributed by atoms with Crippen LogP contribution in [0.25, 0.3) is 10.9 Å². The Morgan fingerprint density at radius 1 is 1.44 bits per heavy atom. The number of benzene rings is 1. The molecule has 0 spiro atoms. The van der Waals surface area contributed by atoms with E-state index in [2.05, 4.69) is 0 Å². The summed E-state index contributed by atoms with van der Waals surface area (Å²) in [6.45, 7) is 1.78. The number of methoxy groups -OCH3 is 1. The molecule has 0 aliphatic rings. The Bertz CT molecular complexity index is 530. The van der Waals surface area contributed by atoms with Gasteiger partial charge in [0.2, 0.25) is 0 Å². The van der Waals surface area contributed by atoms with Crippen molar-refractivity contribution in [3.63, 3.8) is 0 Å². The fraction of sp³-hybridized carbons (Fsp3) is 0.250. The largest absolute Gasteiger partial charge is 0.508 e. The van der Waals surface area contributed by atoms with Crippen molar-refractivity contribution in [3.05, 3.63) is 30.5 Å². The smallest absolute Gasteiger partial charge is 0.328 e. The molecule has 1 atom stereocenters. The van der Waals surface area contributed by atoms with Crippen LogP contribution in [-0.4, -0.2) is 22.8 Å². The highest BCUT2D eigenvalue weighted by atomic mass is 16.5. The summed E-state index contributed by atoms with van der Waals surface area (Å²) in [7, 11) is 1.37. The highest BCUT2D eigenvalue weighted by Gasteiger charge is 2.16. The number of phenols is 1. The predicted octanol–water partition coefficient (Wildman–Crippen LogP) is 2.08. The molecule has 4 nitrogen and oxygen atoms in total. The van der Waals surface area contributed by atoms with Crippen molar-refractivity contribution in [2.75, 3.05) is 7.11 Å². The van der Waals surface area contributed by atoms with Gasteiger partial charge in [0, 0.05) is 17.1 Å². The van der Waals surface area contributed by atoms with E-state index in [0.29, 0.717) is 0 Å². The molecule has 2 rings (SSSR count). The van der Waals surface area contributed by atoms with Crippen molar-refractivity contribution < 1.29 is 14.6 Å². The van der Waals surface area contributed by atoms with Gasteiger partial charge in [-0.2, -0.15) is 0 Å². The van der Waals surface area contributed by atoms with E-state index in [1.54, 1.807) is 25.1 Å². The second kappa shape index (κ2) is 3.89. The first-order valence-electron chi connectivity index (χ1n) is 5.01. The van der Waals surface area contributed by atoms with Gasteiger partial charge < -0.3 is 14.4 Å². The minimum atomic E-state index is -0.368. The third kappa shape index (κ3) is 1.62. The van der Waals surface area contributed by atoms with Crippen LogP contribution in [0.5, 0.6) is 5.75 Å². The Morgan fingerprint density at radius 3 is 2.88 bits per heavy atom. The number of hydrogen-bond donors (Lipinski definition) is 1. The Balaban J connectivity index is 2.50. The quantitative estimate of drug-likeness (QED) is 0.787. The Hall–Kier alpha value is -1.97. The Labute approximate surface area is 93.1 Å². The second-order valence-electron chi connectivity index (χ2n) is 3.67. The molecule has 84 valence electrons. The van der Waals surface area contributed by atoms with Gasteiger partial charge in [0.25, 0.3) is 0 Å². The van der Waals surface area contributed by atoms with E-state index in [0.717, 1.165) is 10.9 Å². The maximum atomic E-state index is 11.4. The highest BCUT2D eigenvalue weighted by molar-refractivity contribution is 5.84. The minimum absolute atomic E-state index is 0.218. The number of rotatable bonds is 2. The Morgan fingerprint density at radius 2 is 2.19 bits per heavy atom. The minimum Gasteiger partial charge on any atom is -0.508 e. The van der Waals surface area contributed by atoms with Crippen molar-refractivity contribution in [1.82, 2.24) is 4.57 Å². The first kappa shape index (κ1) is 10.5. The molecule has 0 bridgehead atoms. The molecule has 0 aliphatic heterocycles. The van der Waals surface area contributed by atoms with E-state index in [1.807, 2.05) is 16.8 Å². The number of aromatic hydroxyl groups is 1. The first-order valence-corrected chi connectivity index (χ1v) is 5.01. The van der Waals surface area contributed by atoms with Gasteiger partial charge in [-0.3, -0.25) is 0 Å². The molecule has 1 N–H and O–H groups in total. The van der Waals surface area contributed by atoms with E-state index < -0.39 is 0 Å². The van der Waals surface area contributed by atoms with Crippen LogP contribution >= 0.6 is 0 Å². The summed E-state index contributed by atoms with van der Waals surface area (Å²) in [6.07, 6.45) is 1.81. The van der Waals surface area contributed by atoms with E-state index in [4.69, 9.17) is 4.74 Å². The van der Waals surface area contributed by atoms with Crippen molar-refractivity contribution in [2.24, 2.45) is 0 Å². The maximum Gasteiger partial charge on any atom is 0.328 e. The molecule has 16 heavy (non-hydrogen) atoms. The second-order valence-corrected chi connectivity index (χ2v) is 3.67. The van der Waals surface area contributed by atoms with Crippen LogP contribution in [0.4, 0.5) is 0 Å². The lowest BCUT2D eigenvalue weighted by Gasteiger charge is -2.12. The summed E-state index contributed by atoms with van der Waals surface area (Å²) < 4.78 is 6.52. The Kier molecular flexibility index (Phi) is 2.56. The number of aromatic nitrogens is 1. The van der Waals surface area contributed by atoms with E-state index >= 15 is 0 Å². The lowest BCUT2D eigenvalue weighted by atomic mass is 10.2. The molecule has 0 saturated carbocycles. The summed E-state index contributed by atoms with van der Waals surface area (Å²) in [4.78, 5) is 11.4. The summed E-state index contributed by atoms with van der Waals surface area (Å²) >= 11 is 0. The standard InChI is InChI=1S/C12H13NO3/c1-8(12(15)16-2)13-6-5-9-7-10(14)3-4-11(9)13/h3-8,14H,1-2H3/t8-/m1/s1. The summed E-state index contributed by atoms with van der Waals surface area (Å²) in [5.74, 6) is -0.0680. The van der Waals surface area contributed by atoms with Crippen molar-refractivity contribution in [1.29, 1.82) is 0 Å². The number of carbonyl (C=O) groups is 1. The number of carbonyl (C=O) groups excluding carboxylic acids is 1. The molecule has 1 heterocycles. The zero-order valence-electron chi connectivity index (χ0n) is 9.18. The summed E-state index contributed by atoms with van der Waals surface area (Å²) in [5.41, 5.74) is 0.899. The van der Waals surface area contributed by atoms with Crippen LogP contribution in [0, 0.1) is 0 Å². The van der Waals surface area contributed by atoms with Gasteiger partial charge in [0.05, 0.1) is 7.11 Å². The fourth-order valence-electron chi connectivity index (χ4n) is 1.77. The molecule has 0 amide bonds. The molecule has 0 aliphatic carbocycles. The molecular weight excluding hydrogens is 206 g/mol. The van der Waals surface area contributed by atoms with Crippen LogP contribution in [0.15, 0.2) is 30.5 Å². The molecule has 1 aromatic carbocycles. The third-order valence-corrected chi connectivity index (χ3v) is 2.66. The van der Waals surface area contributed by atoms with Crippen LogP contribution < -0.4 is 0 Å². The zero-order valence-corrected chi connectivity index (χ0v) is 9.18. The predicted molar refractivity (Wildman–Crippen MR) is 60.3 cm³/mol. The lowest BCUT2D eigenvalue weighted by Crippen LogP contribution is -2.16. The van der Waals surface area contributed by atoms with Gasteiger partial charge in [0.15, 0.2) is 0 Å². The van der Waals surface area contributed by atoms with Crippen molar-refractivity contribution in [2.45, 2.75) is 13.0 Å². The van der Waals surface area contributed by atoms with Gasteiger partial charge in [-0.05, 0) is 31.2 Å². The van der Waals surface area contributed by atoms with E-state index in [-0.39, 0.29) is 17.8 Å².